The number of ether oxygens (including phenoxy) is 1. The van der Waals surface area contributed by atoms with Crippen molar-refractivity contribution in [2.75, 3.05) is 13.2 Å². The smallest absolute Gasteiger partial charge is 0.122 e. The van der Waals surface area contributed by atoms with E-state index < -0.39 is 0 Å². The maximum Gasteiger partial charge on any atom is 0.122 e. The fourth-order valence-electron chi connectivity index (χ4n) is 2.65. The maximum absolute atomic E-state index is 8.72. The molecule has 0 radical (unpaired) electrons. The van der Waals surface area contributed by atoms with Gasteiger partial charge in [0, 0.05) is 24.6 Å². The van der Waals surface area contributed by atoms with E-state index in [0.29, 0.717) is 19.1 Å². The van der Waals surface area contributed by atoms with E-state index in [9.17, 15) is 0 Å². The van der Waals surface area contributed by atoms with E-state index in [4.69, 9.17) is 9.84 Å². The third-order valence-corrected chi connectivity index (χ3v) is 3.90. The molecule has 2 N–H and O–H groups in total. The van der Waals surface area contributed by atoms with Crippen molar-refractivity contribution in [1.29, 1.82) is 0 Å². The van der Waals surface area contributed by atoms with Gasteiger partial charge in [-0.25, -0.2) is 0 Å². The summed E-state index contributed by atoms with van der Waals surface area (Å²) in [6.45, 7) is 1.64. The van der Waals surface area contributed by atoms with Crippen LogP contribution in [-0.2, 0) is 13.0 Å². The Labute approximate surface area is 137 Å². The van der Waals surface area contributed by atoms with E-state index in [1.807, 2.05) is 24.3 Å². The quantitative estimate of drug-likeness (QED) is 0.853. The summed E-state index contributed by atoms with van der Waals surface area (Å²) < 4.78 is 5.80. The highest BCUT2D eigenvalue weighted by Gasteiger charge is 2.18. The van der Waals surface area contributed by atoms with Crippen LogP contribution in [-0.4, -0.2) is 24.4 Å². The van der Waals surface area contributed by atoms with Crippen LogP contribution in [0, 0.1) is 11.8 Å². The second kappa shape index (κ2) is 7.82. The molecule has 1 atom stereocenters. The number of rotatable bonds is 4. The summed E-state index contributed by atoms with van der Waals surface area (Å²) in [7, 11) is 0. The van der Waals surface area contributed by atoms with Crippen molar-refractivity contribution in [3.63, 3.8) is 0 Å². The molecule has 0 bridgehead atoms. The van der Waals surface area contributed by atoms with E-state index in [-0.39, 0.29) is 6.61 Å². The molecule has 1 unspecified atom stereocenters. The lowest BCUT2D eigenvalue weighted by atomic mass is 10.0. The van der Waals surface area contributed by atoms with Gasteiger partial charge in [0.25, 0.3) is 0 Å². The standard InChI is InChI=1S/C20H21NO2/c22-12-4-3-5-16-8-10-17(11-9-16)14-21-19-13-18-6-1-2-7-20(18)23-15-19/h1-2,6-11,19,21-22H,4,12-15H2. The Morgan fingerprint density at radius 2 is 1.96 bits per heavy atom. The van der Waals surface area contributed by atoms with E-state index in [1.54, 1.807) is 0 Å². The van der Waals surface area contributed by atoms with Crippen LogP contribution in [0.25, 0.3) is 0 Å². The number of benzene rings is 2. The summed E-state index contributed by atoms with van der Waals surface area (Å²) in [5.74, 6) is 6.98. The number of hydrogen-bond acceptors (Lipinski definition) is 3. The summed E-state index contributed by atoms with van der Waals surface area (Å²) in [6.07, 6.45) is 1.52. The third-order valence-electron chi connectivity index (χ3n) is 3.90. The van der Waals surface area contributed by atoms with Crippen LogP contribution in [0.15, 0.2) is 48.5 Å². The molecule has 1 aliphatic rings. The Bertz CT molecular complexity index is 698. The first-order valence-corrected chi connectivity index (χ1v) is 7.98. The minimum Gasteiger partial charge on any atom is -0.492 e. The van der Waals surface area contributed by atoms with Gasteiger partial charge in [0.15, 0.2) is 0 Å². The van der Waals surface area contributed by atoms with Crippen molar-refractivity contribution < 1.29 is 9.84 Å². The molecule has 3 nitrogen and oxygen atoms in total. The number of nitrogens with one attached hydrogen (secondary N) is 1. The molecule has 118 valence electrons. The molecular weight excluding hydrogens is 286 g/mol. The van der Waals surface area contributed by atoms with Crippen LogP contribution in [0.1, 0.15) is 23.1 Å². The molecule has 23 heavy (non-hydrogen) atoms. The number of fused-ring (bicyclic) bond motifs is 1. The third kappa shape index (κ3) is 4.35. The second-order valence-electron chi connectivity index (χ2n) is 5.67. The zero-order valence-electron chi connectivity index (χ0n) is 13.1. The van der Waals surface area contributed by atoms with Crippen LogP contribution in [0.4, 0.5) is 0 Å². The van der Waals surface area contributed by atoms with E-state index in [2.05, 4.69) is 41.4 Å². The Balaban J connectivity index is 1.52. The number of aliphatic hydroxyl groups is 1. The molecule has 3 heteroatoms. The van der Waals surface area contributed by atoms with Gasteiger partial charge < -0.3 is 15.2 Å². The van der Waals surface area contributed by atoms with Crippen molar-refractivity contribution in [2.24, 2.45) is 0 Å². The van der Waals surface area contributed by atoms with E-state index in [0.717, 1.165) is 24.3 Å². The second-order valence-corrected chi connectivity index (χ2v) is 5.67. The van der Waals surface area contributed by atoms with Crippen LogP contribution in [0.3, 0.4) is 0 Å². The van der Waals surface area contributed by atoms with Gasteiger partial charge in [0.05, 0.1) is 6.61 Å². The molecule has 0 amide bonds. The van der Waals surface area contributed by atoms with Crippen LogP contribution in [0.5, 0.6) is 5.75 Å². The monoisotopic (exact) mass is 307 g/mol. The lowest BCUT2D eigenvalue weighted by molar-refractivity contribution is 0.238. The van der Waals surface area contributed by atoms with Gasteiger partial charge in [-0.1, -0.05) is 42.2 Å². The fraction of sp³-hybridized carbons (Fsp3) is 0.300. The normalized spacial score (nSPS) is 16.0. The van der Waals surface area contributed by atoms with Crippen LogP contribution in [0.2, 0.25) is 0 Å². The highest BCUT2D eigenvalue weighted by Crippen LogP contribution is 2.23. The zero-order valence-corrected chi connectivity index (χ0v) is 13.1. The van der Waals surface area contributed by atoms with Crippen molar-refractivity contribution >= 4 is 0 Å². The molecule has 3 rings (SSSR count). The Morgan fingerprint density at radius 1 is 1.13 bits per heavy atom. The van der Waals surface area contributed by atoms with Crippen LogP contribution >= 0.6 is 0 Å². The van der Waals surface area contributed by atoms with Gasteiger partial charge in [0.2, 0.25) is 0 Å². The summed E-state index contributed by atoms with van der Waals surface area (Å²) in [5, 5.41) is 12.3. The Hall–Kier alpha value is -2.28. The molecule has 0 aromatic heterocycles. The fourth-order valence-corrected chi connectivity index (χ4v) is 2.65. The van der Waals surface area contributed by atoms with Gasteiger partial charge >= 0.3 is 0 Å². The minimum atomic E-state index is 0.113. The van der Waals surface area contributed by atoms with Crippen molar-refractivity contribution in [3.05, 3.63) is 65.2 Å². The first-order valence-electron chi connectivity index (χ1n) is 7.98. The van der Waals surface area contributed by atoms with E-state index in [1.165, 1.54) is 11.1 Å². The number of aliphatic hydroxyl groups excluding tert-OH is 1. The SMILES string of the molecule is OCCC#Cc1ccc(CNC2COc3ccccc3C2)cc1. The molecule has 0 fully saturated rings. The topological polar surface area (TPSA) is 41.5 Å². The van der Waals surface area contributed by atoms with Gasteiger partial charge in [-0.15, -0.1) is 0 Å². The van der Waals surface area contributed by atoms with E-state index >= 15 is 0 Å². The summed E-state index contributed by atoms with van der Waals surface area (Å²) in [5.41, 5.74) is 3.49. The predicted octanol–water partition coefficient (Wildman–Crippen LogP) is 2.51. The van der Waals surface area contributed by atoms with Crippen molar-refractivity contribution in [3.8, 4) is 17.6 Å². The first-order chi connectivity index (χ1) is 11.3. The summed E-state index contributed by atoms with van der Waals surface area (Å²) >= 11 is 0. The molecule has 2 aromatic rings. The molecule has 0 spiro atoms. The lowest BCUT2D eigenvalue weighted by Gasteiger charge is -2.26. The van der Waals surface area contributed by atoms with Crippen LogP contribution < -0.4 is 10.1 Å². The Morgan fingerprint density at radius 3 is 2.78 bits per heavy atom. The Kier molecular flexibility index (Phi) is 5.31. The summed E-state index contributed by atoms with van der Waals surface area (Å²) in [4.78, 5) is 0. The maximum atomic E-state index is 8.72. The highest BCUT2D eigenvalue weighted by molar-refractivity contribution is 5.37. The van der Waals surface area contributed by atoms with Gasteiger partial charge in [-0.05, 0) is 35.7 Å². The van der Waals surface area contributed by atoms with Gasteiger partial charge in [-0.2, -0.15) is 0 Å². The molecule has 0 saturated heterocycles. The molecule has 0 aliphatic carbocycles. The highest BCUT2D eigenvalue weighted by atomic mass is 16.5. The van der Waals surface area contributed by atoms with Gasteiger partial charge in [-0.3, -0.25) is 0 Å². The molecule has 0 saturated carbocycles. The first kappa shape index (κ1) is 15.6. The molecule has 1 aliphatic heterocycles. The van der Waals surface area contributed by atoms with Crippen molar-refractivity contribution in [2.45, 2.75) is 25.4 Å². The molecule has 2 aromatic carbocycles. The zero-order chi connectivity index (χ0) is 15.9. The number of para-hydroxylation sites is 1. The molecule has 1 heterocycles. The summed E-state index contributed by atoms with van der Waals surface area (Å²) in [6, 6.07) is 16.8. The lowest BCUT2D eigenvalue weighted by Crippen LogP contribution is -2.38. The number of hydrogen-bond donors (Lipinski definition) is 2. The average molecular weight is 307 g/mol. The molecular formula is C20H21NO2. The van der Waals surface area contributed by atoms with Crippen molar-refractivity contribution in [1.82, 2.24) is 5.32 Å². The van der Waals surface area contributed by atoms with Gasteiger partial charge in [0.1, 0.15) is 12.4 Å². The minimum absolute atomic E-state index is 0.113. The largest absolute Gasteiger partial charge is 0.492 e. The predicted molar refractivity (Wildman–Crippen MR) is 91.3 cm³/mol. The average Bonchev–Trinajstić information content (AvgIpc) is 2.61.